The maximum atomic E-state index is 12.8. The molecule has 2 N–H and O–H groups in total. The summed E-state index contributed by atoms with van der Waals surface area (Å²) in [7, 11) is 1.51. The van der Waals surface area contributed by atoms with Crippen LogP contribution in [-0.2, 0) is 14.3 Å². The number of carbonyl (C=O) groups is 2. The molecule has 1 amide bonds. The average molecular weight is 411 g/mol. The number of Topliss-reactive ketones (excluding diaryl/α,β-unsaturated/α-hetero) is 1. The highest BCUT2D eigenvalue weighted by molar-refractivity contribution is 6.46. The Labute approximate surface area is 175 Å². The van der Waals surface area contributed by atoms with E-state index in [-0.39, 0.29) is 30.2 Å². The number of phenols is 1. The van der Waals surface area contributed by atoms with Gasteiger partial charge in [-0.2, -0.15) is 0 Å². The zero-order valence-corrected chi connectivity index (χ0v) is 17.0. The number of carbonyl (C=O) groups excluding carboxylic acids is 2. The molecule has 1 atom stereocenters. The average Bonchev–Trinajstić information content (AvgIpc) is 3.01. The summed E-state index contributed by atoms with van der Waals surface area (Å²) in [5, 5.41) is 20.6. The lowest BCUT2D eigenvalue weighted by Gasteiger charge is -2.25. The summed E-state index contributed by atoms with van der Waals surface area (Å²) in [5.41, 5.74) is 1.02. The third kappa shape index (κ3) is 4.31. The van der Waals surface area contributed by atoms with Gasteiger partial charge in [-0.1, -0.05) is 19.1 Å². The molecule has 30 heavy (non-hydrogen) atoms. The van der Waals surface area contributed by atoms with Crippen molar-refractivity contribution >= 4 is 17.4 Å². The van der Waals surface area contributed by atoms with Crippen molar-refractivity contribution < 1.29 is 29.3 Å². The van der Waals surface area contributed by atoms with E-state index in [2.05, 4.69) is 0 Å². The molecule has 1 saturated heterocycles. The van der Waals surface area contributed by atoms with Crippen LogP contribution in [-0.4, -0.2) is 53.7 Å². The fourth-order valence-corrected chi connectivity index (χ4v) is 3.39. The van der Waals surface area contributed by atoms with Crippen LogP contribution < -0.4 is 4.74 Å². The summed E-state index contributed by atoms with van der Waals surface area (Å²) in [5.74, 6) is -0.991. The van der Waals surface area contributed by atoms with Crippen LogP contribution in [0.15, 0.2) is 54.1 Å². The van der Waals surface area contributed by atoms with Crippen molar-refractivity contribution in [1.29, 1.82) is 0 Å². The topological polar surface area (TPSA) is 96.3 Å². The zero-order valence-electron chi connectivity index (χ0n) is 17.0. The van der Waals surface area contributed by atoms with E-state index in [0.717, 1.165) is 6.42 Å². The molecule has 0 unspecified atom stereocenters. The predicted octanol–water partition coefficient (Wildman–Crippen LogP) is 3.25. The largest absolute Gasteiger partial charge is 0.508 e. The van der Waals surface area contributed by atoms with Gasteiger partial charge < -0.3 is 24.6 Å². The molecule has 0 spiro atoms. The van der Waals surface area contributed by atoms with Crippen LogP contribution in [0.5, 0.6) is 11.5 Å². The normalized spacial score (nSPS) is 18.1. The second-order valence-corrected chi connectivity index (χ2v) is 6.95. The molecule has 2 aromatic rings. The number of likely N-dealkylation sites (tertiary alicyclic amines) is 1. The number of ketones is 1. The molecular formula is C23H25NO6. The van der Waals surface area contributed by atoms with Gasteiger partial charge in [-0.3, -0.25) is 9.59 Å². The van der Waals surface area contributed by atoms with Crippen molar-refractivity contribution in [2.24, 2.45) is 0 Å². The molecule has 1 aliphatic rings. The Morgan fingerprint density at radius 1 is 1.03 bits per heavy atom. The minimum Gasteiger partial charge on any atom is -0.508 e. The van der Waals surface area contributed by atoms with Crippen LogP contribution in [0.3, 0.4) is 0 Å². The van der Waals surface area contributed by atoms with Crippen LogP contribution in [0.25, 0.3) is 5.76 Å². The maximum absolute atomic E-state index is 12.8. The maximum Gasteiger partial charge on any atom is 0.295 e. The number of hydrogen-bond acceptors (Lipinski definition) is 6. The van der Waals surface area contributed by atoms with Crippen molar-refractivity contribution in [2.75, 3.05) is 26.9 Å². The molecular weight excluding hydrogens is 386 g/mol. The Kier molecular flexibility index (Phi) is 6.74. The second kappa shape index (κ2) is 9.45. The van der Waals surface area contributed by atoms with E-state index >= 15 is 0 Å². The van der Waals surface area contributed by atoms with E-state index < -0.39 is 17.7 Å². The quantitative estimate of drug-likeness (QED) is 0.393. The van der Waals surface area contributed by atoms with E-state index in [4.69, 9.17) is 9.47 Å². The molecule has 0 aromatic heterocycles. The van der Waals surface area contributed by atoms with Crippen molar-refractivity contribution in [3.63, 3.8) is 0 Å². The summed E-state index contributed by atoms with van der Waals surface area (Å²) in [6, 6.07) is 12.1. The number of aliphatic hydroxyl groups is 1. The summed E-state index contributed by atoms with van der Waals surface area (Å²) in [6.45, 7) is 3.02. The molecule has 7 nitrogen and oxygen atoms in total. The highest BCUT2D eigenvalue weighted by atomic mass is 16.5. The molecule has 7 heteroatoms. The minimum absolute atomic E-state index is 0.00372. The molecule has 2 aromatic carbocycles. The van der Waals surface area contributed by atoms with Crippen LogP contribution in [0.2, 0.25) is 0 Å². The van der Waals surface area contributed by atoms with Gasteiger partial charge >= 0.3 is 0 Å². The summed E-state index contributed by atoms with van der Waals surface area (Å²) in [6.07, 6.45) is 0.874. The lowest BCUT2D eigenvalue weighted by atomic mass is 9.95. The third-order valence-corrected chi connectivity index (χ3v) is 4.89. The fraction of sp³-hybridized carbons (Fsp3) is 0.304. The van der Waals surface area contributed by atoms with E-state index in [9.17, 15) is 19.8 Å². The lowest BCUT2D eigenvalue weighted by Crippen LogP contribution is -2.32. The Morgan fingerprint density at radius 3 is 2.30 bits per heavy atom. The molecule has 0 bridgehead atoms. The van der Waals surface area contributed by atoms with Crippen LogP contribution in [0, 0.1) is 0 Å². The van der Waals surface area contributed by atoms with Gasteiger partial charge in [0, 0.05) is 19.2 Å². The Hall–Kier alpha value is -3.32. The third-order valence-electron chi connectivity index (χ3n) is 4.89. The number of amides is 1. The summed E-state index contributed by atoms with van der Waals surface area (Å²) in [4.78, 5) is 26.9. The van der Waals surface area contributed by atoms with Crippen molar-refractivity contribution in [3.8, 4) is 11.5 Å². The van der Waals surface area contributed by atoms with Gasteiger partial charge in [0.1, 0.15) is 17.3 Å². The number of phenolic OH excluding ortho intramolecular Hbond substituents is 1. The zero-order chi connectivity index (χ0) is 21.7. The monoisotopic (exact) mass is 411 g/mol. The molecule has 0 aliphatic carbocycles. The number of methoxy groups -OCH3 is 1. The number of aromatic hydroxyl groups is 1. The standard InChI is InChI=1S/C23H25NO6/c1-3-13-30-18-10-6-16(7-11-18)21(26)19-20(15-4-8-17(25)9-5-15)24(12-14-29-2)23(28)22(19)27/h4-11,20,25-26H,3,12-14H2,1-2H3/b21-19+/t20-/m0/s1. The molecule has 1 aliphatic heterocycles. The minimum atomic E-state index is -0.781. The first-order chi connectivity index (χ1) is 14.5. The summed E-state index contributed by atoms with van der Waals surface area (Å²) >= 11 is 0. The van der Waals surface area contributed by atoms with E-state index in [0.29, 0.717) is 23.5 Å². The van der Waals surface area contributed by atoms with Gasteiger partial charge in [-0.05, 0) is 48.4 Å². The van der Waals surface area contributed by atoms with Gasteiger partial charge in [-0.25, -0.2) is 0 Å². The van der Waals surface area contributed by atoms with Crippen LogP contribution in [0.4, 0.5) is 0 Å². The van der Waals surface area contributed by atoms with Gasteiger partial charge in [0.2, 0.25) is 0 Å². The molecule has 0 radical (unpaired) electrons. The molecule has 0 saturated carbocycles. The Balaban J connectivity index is 2.04. The van der Waals surface area contributed by atoms with E-state index in [1.54, 1.807) is 36.4 Å². The SMILES string of the molecule is CCCOc1ccc(/C(O)=C2\C(=O)C(=O)N(CCOC)[C@H]2c2ccc(O)cc2)cc1. The van der Waals surface area contributed by atoms with E-state index in [1.165, 1.54) is 24.1 Å². The second-order valence-electron chi connectivity index (χ2n) is 6.95. The smallest absolute Gasteiger partial charge is 0.295 e. The first-order valence-corrected chi connectivity index (χ1v) is 9.77. The predicted molar refractivity (Wildman–Crippen MR) is 111 cm³/mol. The summed E-state index contributed by atoms with van der Waals surface area (Å²) < 4.78 is 10.6. The first-order valence-electron chi connectivity index (χ1n) is 9.77. The Morgan fingerprint density at radius 2 is 1.70 bits per heavy atom. The number of aliphatic hydroxyl groups excluding tert-OH is 1. The molecule has 158 valence electrons. The number of hydrogen-bond donors (Lipinski definition) is 2. The molecule has 3 rings (SSSR count). The fourth-order valence-electron chi connectivity index (χ4n) is 3.39. The van der Waals surface area contributed by atoms with Crippen molar-refractivity contribution in [1.82, 2.24) is 4.90 Å². The van der Waals surface area contributed by atoms with Crippen molar-refractivity contribution in [2.45, 2.75) is 19.4 Å². The lowest BCUT2D eigenvalue weighted by molar-refractivity contribution is -0.140. The van der Waals surface area contributed by atoms with E-state index in [1.807, 2.05) is 6.92 Å². The Bertz CT molecular complexity index is 933. The van der Waals surface area contributed by atoms with Gasteiger partial charge in [0.25, 0.3) is 11.7 Å². The first kappa shape index (κ1) is 21.4. The van der Waals surface area contributed by atoms with Crippen LogP contribution >= 0.6 is 0 Å². The van der Waals surface area contributed by atoms with Gasteiger partial charge in [0.05, 0.1) is 24.8 Å². The van der Waals surface area contributed by atoms with Gasteiger partial charge in [0.15, 0.2) is 0 Å². The number of ether oxygens (including phenoxy) is 2. The molecule has 1 heterocycles. The molecule has 1 fully saturated rings. The highest BCUT2D eigenvalue weighted by Gasteiger charge is 2.45. The van der Waals surface area contributed by atoms with Crippen LogP contribution in [0.1, 0.15) is 30.5 Å². The number of benzene rings is 2. The number of nitrogens with zero attached hydrogens (tertiary/aromatic N) is 1. The highest BCUT2D eigenvalue weighted by Crippen LogP contribution is 2.39. The number of rotatable bonds is 8. The van der Waals surface area contributed by atoms with Gasteiger partial charge in [-0.15, -0.1) is 0 Å². The van der Waals surface area contributed by atoms with Crippen molar-refractivity contribution in [3.05, 3.63) is 65.2 Å².